The summed E-state index contributed by atoms with van der Waals surface area (Å²) < 4.78 is 9.83. The van der Waals surface area contributed by atoms with Gasteiger partial charge in [-0.05, 0) is 16.7 Å². The molecule has 1 heterocycles. The number of esters is 1. The molecule has 1 aliphatic rings. The zero-order valence-electron chi connectivity index (χ0n) is 14.0. The average Bonchev–Trinajstić information content (AvgIpc) is 2.65. The van der Waals surface area contributed by atoms with E-state index in [1.165, 1.54) is 4.90 Å². The second-order valence-electron chi connectivity index (χ2n) is 5.90. The molecule has 0 unspecified atom stereocenters. The predicted octanol–water partition coefficient (Wildman–Crippen LogP) is 2.37. The molecule has 3 rings (SSSR count). The first-order valence-electron chi connectivity index (χ1n) is 8.10. The molecule has 1 atom stereocenters. The Morgan fingerprint density at radius 3 is 2.35 bits per heavy atom. The standard InChI is InChI=1S/C19H18N2O5/c20-18(23)26-17(22)16-10-14-8-4-5-9-15(14)11-21(16)19(24)25-12-13-6-2-1-3-7-13/h1-9,16H,10-12H2,(H2,20,23)/t16-/m0/s1. The van der Waals surface area contributed by atoms with Crippen LogP contribution in [0.25, 0.3) is 0 Å². The molecule has 0 radical (unpaired) electrons. The normalized spacial score (nSPS) is 15.7. The first-order valence-corrected chi connectivity index (χ1v) is 8.10. The van der Waals surface area contributed by atoms with E-state index in [9.17, 15) is 14.4 Å². The maximum Gasteiger partial charge on any atom is 0.412 e. The summed E-state index contributed by atoms with van der Waals surface area (Å²) >= 11 is 0. The molecule has 7 heteroatoms. The Balaban J connectivity index is 1.77. The van der Waals surface area contributed by atoms with Crippen molar-refractivity contribution in [2.24, 2.45) is 5.73 Å². The number of nitrogens with zero attached hydrogens (tertiary/aromatic N) is 1. The summed E-state index contributed by atoms with van der Waals surface area (Å²) in [5.41, 5.74) is 7.58. The highest BCUT2D eigenvalue weighted by Crippen LogP contribution is 2.25. The Bertz CT molecular complexity index is 822. The van der Waals surface area contributed by atoms with Gasteiger partial charge in [0.25, 0.3) is 0 Å². The van der Waals surface area contributed by atoms with E-state index in [1.807, 2.05) is 54.6 Å². The highest BCUT2D eigenvalue weighted by atomic mass is 16.6. The van der Waals surface area contributed by atoms with Crippen LogP contribution in [-0.2, 0) is 33.8 Å². The molecule has 0 fully saturated rings. The molecule has 7 nitrogen and oxygen atoms in total. The zero-order chi connectivity index (χ0) is 18.5. The minimum Gasteiger partial charge on any atom is -0.445 e. The molecule has 2 aromatic rings. The van der Waals surface area contributed by atoms with E-state index >= 15 is 0 Å². The number of ether oxygens (including phenoxy) is 2. The minimum absolute atomic E-state index is 0.0788. The monoisotopic (exact) mass is 354 g/mol. The molecule has 134 valence electrons. The molecule has 26 heavy (non-hydrogen) atoms. The number of fused-ring (bicyclic) bond motifs is 1. The van der Waals surface area contributed by atoms with E-state index in [1.54, 1.807) is 0 Å². The van der Waals surface area contributed by atoms with Gasteiger partial charge in [-0.25, -0.2) is 14.4 Å². The van der Waals surface area contributed by atoms with E-state index in [2.05, 4.69) is 4.74 Å². The second kappa shape index (κ2) is 7.69. The van der Waals surface area contributed by atoms with Crippen molar-refractivity contribution in [2.75, 3.05) is 0 Å². The highest BCUT2D eigenvalue weighted by Gasteiger charge is 2.37. The molecule has 0 saturated heterocycles. The van der Waals surface area contributed by atoms with Crippen molar-refractivity contribution < 1.29 is 23.9 Å². The molecule has 0 aliphatic carbocycles. The van der Waals surface area contributed by atoms with Gasteiger partial charge in [-0.1, -0.05) is 54.6 Å². The maximum atomic E-state index is 12.6. The number of carbonyl (C=O) groups excluding carboxylic acids is 3. The van der Waals surface area contributed by atoms with Crippen molar-refractivity contribution in [1.29, 1.82) is 0 Å². The van der Waals surface area contributed by atoms with Crippen molar-refractivity contribution in [2.45, 2.75) is 25.6 Å². The Morgan fingerprint density at radius 2 is 1.65 bits per heavy atom. The Hall–Kier alpha value is -3.35. The van der Waals surface area contributed by atoms with E-state index in [0.717, 1.165) is 16.7 Å². The van der Waals surface area contributed by atoms with Crippen molar-refractivity contribution in [3.8, 4) is 0 Å². The number of rotatable bonds is 3. The van der Waals surface area contributed by atoms with E-state index in [-0.39, 0.29) is 19.6 Å². The van der Waals surface area contributed by atoms with Crippen LogP contribution < -0.4 is 5.73 Å². The van der Waals surface area contributed by atoms with Gasteiger partial charge in [-0.3, -0.25) is 4.90 Å². The number of amides is 2. The van der Waals surface area contributed by atoms with Crippen molar-refractivity contribution in [1.82, 2.24) is 4.90 Å². The van der Waals surface area contributed by atoms with Crippen LogP contribution in [0.2, 0.25) is 0 Å². The summed E-state index contributed by atoms with van der Waals surface area (Å²) in [7, 11) is 0. The fourth-order valence-electron chi connectivity index (χ4n) is 2.89. The number of carbonyl (C=O) groups is 3. The van der Waals surface area contributed by atoms with E-state index in [4.69, 9.17) is 10.5 Å². The lowest BCUT2D eigenvalue weighted by atomic mass is 9.94. The molecule has 2 N–H and O–H groups in total. The van der Waals surface area contributed by atoms with Crippen molar-refractivity contribution in [3.05, 3.63) is 71.3 Å². The van der Waals surface area contributed by atoms with Gasteiger partial charge < -0.3 is 15.2 Å². The van der Waals surface area contributed by atoms with Gasteiger partial charge in [0.05, 0.1) is 6.54 Å². The number of primary amides is 1. The summed E-state index contributed by atoms with van der Waals surface area (Å²) in [4.78, 5) is 37.0. The topological polar surface area (TPSA) is 98.9 Å². The Kier molecular flexibility index (Phi) is 5.17. The lowest BCUT2D eigenvalue weighted by Crippen LogP contribution is -2.50. The zero-order valence-corrected chi connectivity index (χ0v) is 14.0. The quantitative estimate of drug-likeness (QED) is 0.674. The van der Waals surface area contributed by atoms with Crippen molar-refractivity contribution in [3.63, 3.8) is 0 Å². The van der Waals surface area contributed by atoms with E-state index in [0.29, 0.717) is 0 Å². The lowest BCUT2D eigenvalue weighted by Gasteiger charge is -2.34. The molecule has 0 saturated carbocycles. The van der Waals surface area contributed by atoms with Gasteiger partial charge in [0.1, 0.15) is 12.6 Å². The smallest absolute Gasteiger partial charge is 0.412 e. The molecule has 0 aromatic heterocycles. The summed E-state index contributed by atoms with van der Waals surface area (Å²) in [6.45, 7) is 0.262. The van der Waals surface area contributed by atoms with Gasteiger partial charge in [0.2, 0.25) is 0 Å². The van der Waals surface area contributed by atoms with Crippen LogP contribution in [0, 0.1) is 0 Å². The highest BCUT2D eigenvalue weighted by molar-refractivity contribution is 5.89. The lowest BCUT2D eigenvalue weighted by molar-refractivity contribution is -0.143. The number of hydrogen-bond acceptors (Lipinski definition) is 5. The first kappa shape index (κ1) is 17.5. The van der Waals surface area contributed by atoms with Crippen LogP contribution in [0.4, 0.5) is 9.59 Å². The van der Waals surface area contributed by atoms with Gasteiger partial charge in [-0.2, -0.15) is 0 Å². The van der Waals surface area contributed by atoms with Gasteiger partial charge in [-0.15, -0.1) is 0 Å². The average molecular weight is 354 g/mol. The maximum absolute atomic E-state index is 12.6. The summed E-state index contributed by atoms with van der Waals surface area (Å²) in [6, 6.07) is 15.7. The van der Waals surface area contributed by atoms with Gasteiger partial charge in [0.15, 0.2) is 0 Å². The predicted molar refractivity (Wildman–Crippen MR) is 91.8 cm³/mol. The van der Waals surface area contributed by atoms with Crippen LogP contribution in [-0.4, -0.2) is 29.1 Å². The SMILES string of the molecule is NC(=O)OC(=O)[C@@H]1Cc2ccccc2CN1C(=O)OCc1ccccc1. The Labute approximate surface area is 150 Å². The van der Waals surface area contributed by atoms with Crippen LogP contribution in [0.3, 0.4) is 0 Å². The molecule has 0 spiro atoms. The minimum atomic E-state index is -1.20. The largest absolute Gasteiger partial charge is 0.445 e. The fourth-order valence-corrected chi connectivity index (χ4v) is 2.89. The van der Waals surface area contributed by atoms with Crippen LogP contribution >= 0.6 is 0 Å². The van der Waals surface area contributed by atoms with Crippen molar-refractivity contribution >= 4 is 18.2 Å². The van der Waals surface area contributed by atoms with Crippen LogP contribution in [0.1, 0.15) is 16.7 Å². The van der Waals surface area contributed by atoms with Crippen LogP contribution in [0.5, 0.6) is 0 Å². The van der Waals surface area contributed by atoms with Gasteiger partial charge >= 0.3 is 18.2 Å². The third-order valence-corrected chi connectivity index (χ3v) is 4.16. The molecule has 2 aromatic carbocycles. The first-order chi connectivity index (χ1) is 12.5. The molecule has 2 amide bonds. The third-order valence-electron chi connectivity index (χ3n) is 4.16. The van der Waals surface area contributed by atoms with Crippen LogP contribution in [0.15, 0.2) is 54.6 Å². The fraction of sp³-hybridized carbons (Fsp3) is 0.211. The third kappa shape index (κ3) is 4.00. The summed E-state index contributed by atoms with van der Waals surface area (Å²) in [5.74, 6) is -0.872. The number of benzene rings is 2. The molecule has 0 bridgehead atoms. The molecular weight excluding hydrogens is 336 g/mol. The van der Waals surface area contributed by atoms with E-state index < -0.39 is 24.2 Å². The molecular formula is C19H18N2O5. The van der Waals surface area contributed by atoms with Gasteiger partial charge in [0, 0.05) is 6.42 Å². The molecule has 1 aliphatic heterocycles. The summed E-state index contributed by atoms with van der Waals surface area (Å²) in [6.07, 6.45) is -1.64. The summed E-state index contributed by atoms with van der Waals surface area (Å²) in [5, 5.41) is 0. The second-order valence-corrected chi connectivity index (χ2v) is 5.90. The Morgan fingerprint density at radius 1 is 1.00 bits per heavy atom. The number of hydrogen-bond donors (Lipinski definition) is 1. The number of nitrogens with two attached hydrogens (primary N) is 1.